The van der Waals surface area contributed by atoms with Gasteiger partial charge in [-0.1, -0.05) is 0 Å². The third kappa shape index (κ3) is 5.06. The van der Waals surface area contributed by atoms with Gasteiger partial charge in [-0.25, -0.2) is 17.2 Å². The highest BCUT2D eigenvalue weighted by Gasteiger charge is 2.44. The molecule has 4 rings (SSSR count). The quantitative estimate of drug-likeness (QED) is 0.595. The molecular formula is C23H27F2NO4S. The molecule has 8 heteroatoms. The van der Waals surface area contributed by atoms with Gasteiger partial charge in [-0.3, -0.25) is 4.98 Å². The summed E-state index contributed by atoms with van der Waals surface area (Å²) in [5, 5.41) is -0.507. The first-order chi connectivity index (χ1) is 14.9. The Kier molecular flexibility index (Phi) is 6.57. The minimum Gasteiger partial charge on any atom is -0.494 e. The van der Waals surface area contributed by atoms with Gasteiger partial charge in [0, 0.05) is 24.8 Å². The molecule has 3 atom stereocenters. The van der Waals surface area contributed by atoms with Crippen LogP contribution in [0.25, 0.3) is 11.3 Å². The number of benzene rings is 1. The van der Waals surface area contributed by atoms with E-state index in [4.69, 9.17) is 9.47 Å². The van der Waals surface area contributed by atoms with Crippen molar-refractivity contribution in [2.45, 2.75) is 43.1 Å². The van der Waals surface area contributed by atoms with E-state index in [0.717, 1.165) is 31.5 Å². The highest BCUT2D eigenvalue weighted by molar-refractivity contribution is 7.92. The summed E-state index contributed by atoms with van der Waals surface area (Å²) in [5.74, 6) is -0.595. The van der Waals surface area contributed by atoms with Gasteiger partial charge in [-0.2, -0.15) is 0 Å². The lowest BCUT2D eigenvalue weighted by Crippen LogP contribution is -2.40. The summed E-state index contributed by atoms with van der Waals surface area (Å²) in [6.45, 7) is 3.43. The molecule has 2 aliphatic rings. The van der Waals surface area contributed by atoms with Crippen LogP contribution in [-0.4, -0.2) is 43.7 Å². The van der Waals surface area contributed by atoms with Crippen molar-refractivity contribution in [2.75, 3.05) is 19.8 Å². The first-order valence-electron chi connectivity index (χ1n) is 10.7. The summed E-state index contributed by atoms with van der Waals surface area (Å²) in [7, 11) is -3.07. The number of hydrogen-bond acceptors (Lipinski definition) is 5. The summed E-state index contributed by atoms with van der Waals surface area (Å²) in [6, 6.07) is 7.59. The summed E-state index contributed by atoms with van der Waals surface area (Å²) in [4.78, 5) is 3.81. The first-order valence-corrected chi connectivity index (χ1v) is 12.3. The number of ether oxygens (including phenoxy) is 2. The zero-order valence-electron chi connectivity index (χ0n) is 17.5. The summed E-state index contributed by atoms with van der Waals surface area (Å²) < 4.78 is 63.8. The average molecular weight is 452 g/mol. The van der Waals surface area contributed by atoms with Gasteiger partial charge in [0.1, 0.15) is 17.3 Å². The van der Waals surface area contributed by atoms with Crippen LogP contribution in [0.15, 0.2) is 36.5 Å². The van der Waals surface area contributed by atoms with E-state index in [1.807, 2.05) is 6.92 Å². The monoisotopic (exact) mass is 451 g/mol. The lowest BCUT2D eigenvalue weighted by Gasteiger charge is -2.35. The lowest BCUT2D eigenvalue weighted by molar-refractivity contribution is 0.00828. The predicted molar refractivity (Wildman–Crippen MR) is 114 cm³/mol. The molecule has 1 aliphatic heterocycles. The van der Waals surface area contributed by atoms with Gasteiger partial charge in [0.25, 0.3) is 0 Å². The Bertz CT molecular complexity index is 1010. The Morgan fingerprint density at radius 2 is 1.94 bits per heavy atom. The van der Waals surface area contributed by atoms with Gasteiger partial charge in [-0.15, -0.1) is 0 Å². The third-order valence-corrected chi connectivity index (χ3v) is 9.12. The standard InChI is InChI=1S/C23H27F2NO4S/c1-15(31(27,28)20-6-7-20)21-9-10-29-14-17(21)8-11-30-19-4-2-16(3-5-19)23-22(25)12-18(24)13-26-23/h2-5,12-13,15,17,20-21H,6-11,14H2,1H3. The second-order valence-corrected chi connectivity index (χ2v) is 11.0. The van der Waals surface area contributed by atoms with E-state index in [9.17, 15) is 17.2 Å². The Morgan fingerprint density at radius 3 is 2.61 bits per heavy atom. The van der Waals surface area contributed by atoms with Crippen LogP contribution in [0.5, 0.6) is 5.75 Å². The topological polar surface area (TPSA) is 65.5 Å². The number of nitrogens with zero attached hydrogens (tertiary/aromatic N) is 1. The number of halogens is 2. The fourth-order valence-corrected chi connectivity index (χ4v) is 6.58. The Morgan fingerprint density at radius 1 is 1.19 bits per heavy atom. The fourth-order valence-electron chi connectivity index (χ4n) is 4.34. The zero-order valence-corrected chi connectivity index (χ0v) is 18.3. The maximum Gasteiger partial charge on any atom is 0.156 e. The molecule has 1 saturated carbocycles. The van der Waals surface area contributed by atoms with E-state index in [2.05, 4.69) is 4.98 Å². The SMILES string of the molecule is CC(C1CCOCC1CCOc1ccc(-c2ncc(F)cc2F)cc1)S(=O)(=O)C1CC1. The van der Waals surface area contributed by atoms with E-state index < -0.39 is 21.5 Å². The second-order valence-electron chi connectivity index (χ2n) is 8.43. The van der Waals surface area contributed by atoms with Crippen LogP contribution >= 0.6 is 0 Å². The van der Waals surface area contributed by atoms with Crippen molar-refractivity contribution in [3.8, 4) is 17.0 Å². The van der Waals surface area contributed by atoms with Gasteiger partial charge in [0.2, 0.25) is 0 Å². The van der Waals surface area contributed by atoms with Gasteiger partial charge in [0.15, 0.2) is 15.7 Å². The zero-order chi connectivity index (χ0) is 22.0. The number of aromatic nitrogens is 1. The maximum atomic E-state index is 13.9. The Hall–Kier alpha value is -2.06. The molecule has 2 aromatic rings. The van der Waals surface area contributed by atoms with Gasteiger partial charge < -0.3 is 9.47 Å². The maximum absolute atomic E-state index is 13.9. The minimum atomic E-state index is -3.07. The van der Waals surface area contributed by atoms with Crippen molar-refractivity contribution in [1.29, 1.82) is 0 Å². The highest BCUT2D eigenvalue weighted by Crippen LogP contribution is 2.38. The molecule has 0 amide bonds. The van der Waals surface area contributed by atoms with Gasteiger partial charge in [-0.05, 0) is 68.7 Å². The van der Waals surface area contributed by atoms with Crippen molar-refractivity contribution < 1.29 is 26.7 Å². The van der Waals surface area contributed by atoms with E-state index >= 15 is 0 Å². The molecule has 1 aromatic heterocycles. The molecule has 5 nitrogen and oxygen atoms in total. The van der Waals surface area contributed by atoms with E-state index in [0.29, 0.717) is 37.6 Å². The van der Waals surface area contributed by atoms with E-state index in [1.165, 1.54) is 0 Å². The van der Waals surface area contributed by atoms with Crippen LogP contribution in [0.4, 0.5) is 8.78 Å². The lowest BCUT2D eigenvalue weighted by atomic mass is 9.84. The number of hydrogen-bond donors (Lipinski definition) is 0. The molecule has 31 heavy (non-hydrogen) atoms. The number of rotatable bonds is 8. The summed E-state index contributed by atoms with van der Waals surface area (Å²) in [5.41, 5.74) is 0.616. The number of pyridine rings is 1. The Balaban J connectivity index is 1.34. The minimum absolute atomic E-state index is 0.0813. The number of sulfone groups is 1. The molecule has 168 valence electrons. The third-order valence-electron chi connectivity index (χ3n) is 6.34. The molecule has 0 spiro atoms. The van der Waals surface area contributed by atoms with E-state index in [1.54, 1.807) is 24.3 Å². The van der Waals surface area contributed by atoms with Crippen LogP contribution in [0.3, 0.4) is 0 Å². The van der Waals surface area contributed by atoms with Crippen molar-refractivity contribution >= 4 is 9.84 Å². The second kappa shape index (κ2) is 9.20. The molecule has 2 heterocycles. The normalized spacial score (nSPS) is 22.8. The van der Waals surface area contributed by atoms with Crippen LogP contribution in [0.2, 0.25) is 0 Å². The smallest absolute Gasteiger partial charge is 0.156 e. The molecule has 0 N–H and O–H groups in total. The Labute approximate surface area is 181 Å². The van der Waals surface area contributed by atoms with Gasteiger partial charge in [0.05, 0.1) is 23.3 Å². The molecule has 1 saturated heterocycles. The van der Waals surface area contributed by atoms with E-state index in [-0.39, 0.29) is 28.0 Å². The van der Waals surface area contributed by atoms with Crippen LogP contribution < -0.4 is 4.74 Å². The summed E-state index contributed by atoms with van der Waals surface area (Å²) >= 11 is 0. The van der Waals surface area contributed by atoms with Crippen molar-refractivity contribution in [3.05, 3.63) is 48.2 Å². The van der Waals surface area contributed by atoms with Crippen molar-refractivity contribution in [3.63, 3.8) is 0 Å². The average Bonchev–Trinajstić information content (AvgIpc) is 3.60. The molecule has 1 aromatic carbocycles. The molecule has 2 fully saturated rings. The molecule has 0 bridgehead atoms. The van der Waals surface area contributed by atoms with Crippen LogP contribution in [0.1, 0.15) is 32.6 Å². The van der Waals surface area contributed by atoms with Crippen molar-refractivity contribution in [1.82, 2.24) is 4.98 Å². The summed E-state index contributed by atoms with van der Waals surface area (Å²) in [6.07, 6.45) is 4.01. The molecule has 1 aliphatic carbocycles. The first kappa shape index (κ1) is 22.1. The van der Waals surface area contributed by atoms with Crippen LogP contribution in [0, 0.1) is 23.5 Å². The predicted octanol–water partition coefficient (Wildman–Crippen LogP) is 4.41. The fraction of sp³-hybridized carbons (Fsp3) is 0.522. The highest BCUT2D eigenvalue weighted by atomic mass is 32.2. The molecule has 3 unspecified atom stereocenters. The molecule has 0 radical (unpaired) electrons. The molecular weight excluding hydrogens is 424 g/mol. The van der Waals surface area contributed by atoms with Crippen LogP contribution in [-0.2, 0) is 14.6 Å². The van der Waals surface area contributed by atoms with Gasteiger partial charge >= 0.3 is 0 Å². The largest absolute Gasteiger partial charge is 0.494 e. The van der Waals surface area contributed by atoms with Crippen molar-refractivity contribution in [2.24, 2.45) is 11.8 Å².